The summed E-state index contributed by atoms with van der Waals surface area (Å²) in [5.41, 5.74) is 8.35. The summed E-state index contributed by atoms with van der Waals surface area (Å²) in [6, 6.07) is 22.2. The molecule has 2 aliphatic heterocycles. The largest absolute Gasteiger partial charge is 0.394 e. The number of fused-ring (bicyclic) bond motifs is 1. The average molecular weight is 941 g/mol. The maximum Gasteiger partial charge on any atom is 0.394 e. The quantitative estimate of drug-likeness (QED) is 0.0884. The van der Waals surface area contributed by atoms with Crippen molar-refractivity contribution in [1.29, 1.82) is 0 Å². The number of nitrogens with one attached hydrogen (secondary N) is 2. The summed E-state index contributed by atoms with van der Waals surface area (Å²) in [5.74, 6) is 0.0354. The van der Waals surface area contributed by atoms with E-state index >= 15 is 0 Å². The zero-order valence-electron chi connectivity index (χ0n) is 36.6. The van der Waals surface area contributed by atoms with Gasteiger partial charge in [0.2, 0.25) is 11.8 Å². The zero-order chi connectivity index (χ0) is 47.3. The van der Waals surface area contributed by atoms with Crippen LogP contribution >= 0.6 is 11.8 Å². The fraction of sp³-hybridized carbons (Fsp3) is 0.477. The molecule has 4 heterocycles. The predicted octanol–water partition coefficient (Wildman–Crippen LogP) is 1.62. The Kier molecular flexibility index (Phi) is 18.6. The average Bonchev–Trinajstić information content (AvgIpc) is 3.84. The third-order valence-electron chi connectivity index (χ3n) is 10.7. The number of aliphatic hydroxyl groups is 3. The van der Waals surface area contributed by atoms with Gasteiger partial charge in [0.15, 0.2) is 0 Å². The molecule has 0 unspecified atom stereocenters. The first-order valence-corrected chi connectivity index (χ1v) is 23.6. The number of aliphatic hydroxyl groups excluding tert-OH is 3. The van der Waals surface area contributed by atoms with Gasteiger partial charge in [-0.25, -0.2) is 4.79 Å². The van der Waals surface area contributed by atoms with Gasteiger partial charge in [-0.05, 0) is 68.0 Å². The number of β-amino-alcohol motifs (C(OH)–C–C–N with tert-alkyl or cyclic N) is 1. The molecule has 4 aromatic rings. The van der Waals surface area contributed by atoms with Gasteiger partial charge in [-0.1, -0.05) is 60.7 Å². The fourth-order valence-electron chi connectivity index (χ4n) is 7.90. The summed E-state index contributed by atoms with van der Waals surface area (Å²) in [4.78, 5) is 50.9. The third-order valence-corrected chi connectivity index (χ3v) is 11.9. The second-order valence-corrected chi connectivity index (χ2v) is 19.2. The summed E-state index contributed by atoms with van der Waals surface area (Å²) >= 11 is 1.47. The zero-order valence-corrected chi connectivity index (χ0v) is 38.2. The monoisotopic (exact) mass is 940 g/mol. The number of ether oxygens (including phenoxy) is 1. The van der Waals surface area contributed by atoms with Crippen molar-refractivity contribution < 1.29 is 47.2 Å². The molecular weight excluding hydrogens is 881 g/mol. The van der Waals surface area contributed by atoms with E-state index in [1.807, 2.05) is 93.7 Å². The van der Waals surface area contributed by atoms with Crippen LogP contribution in [0.25, 0.3) is 0 Å². The number of hydrogen-bond donors (Lipinski definition) is 8. The lowest BCUT2D eigenvalue weighted by atomic mass is 9.91. The Morgan fingerprint density at radius 3 is 2.35 bits per heavy atom. The first-order valence-electron chi connectivity index (χ1n) is 21.1. The minimum absolute atomic E-state index is 0.0572. The van der Waals surface area contributed by atoms with Gasteiger partial charge in [-0.15, -0.1) is 11.8 Å². The first kappa shape index (κ1) is 51.2. The second-order valence-electron chi connectivity index (χ2n) is 17.1. The summed E-state index contributed by atoms with van der Waals surface area (Å²) in [6.07, 6.45) is 4.44. The van der Waals surface area contributed by atoms with Gasteiger partial charge in [0.05, 0.1) is 24.9 Å². The van der Waals surface area contributed by atoms with E-state index < -0.39 is 51.8 Å². The van der Waals surface area contributed by atoms with E-state index in [9.17, 15) is 24.6 Å². The molecule has 2 aromatic carbocycles. The van der Waals surface area contributed by atoms with Crippen molar-refractivity contribution >= 4 is 39.8 Å². The van der Waals surface area contributed by atoms with Crippen LogP contribution in [-0.2, 0) is 44.1 Å². The summed E-state index contributed by atoms with van der Waals surface area (Å²) in [5, 5.41) is 37.4. The number of piperazine rings is 1. The summed E-state index contributed by atoms with van der Waals surface area (Å²) in [7, 11) is -4.67. The Bertz CT molecular complexity index is 2310. The molecule has 2 amide bonds. The van der Waals surface area contributed by atoms with Gasteiger partial charge in [-0.3, -0.25) is 38.0 Å². The van der Waals surface area contributed by atoms with E-state index in [1.165, 1.54) is 16.3 Å². The number of thioether (sulfide) groups is 1. The minimum Gasteiger partial charge on any atom is -0.393 e. The number of anilines is 1. The van der Waals surface area contributed by atoms with Gasteiger partial charge in [0.1, 0.15) is 23.5 Å². The molecule has 19 nitrogen and oxygen atoms in total. The van der Waals surface area contributed by atoms with E-state index in [4.69, 9.17) is 33.1 Å². The molecule has 2 aromatic heterocycles. The van der Waals surface area contributed by atoms with Crippen molar-refractivity contribution in [2.24, 2.45) is 5.92 Å². The van der Waals surface area contributed by atoms with E-state index in [0.29, 0.717) is 38.2 Å². The molecule has 0 radical (unpaired) electrons. The van der Waals surface area contributed by atoms with Crippen LogP contribution in [-0.4, -0.2) is 137 Å². The van der Waals surface area contributed by atoms with Crippen LogP contribution in [0, 0.1) is 5.92 Å². The minimum atomic E-state index is -4.67. The van der Waals surface area contributed by atoms with Crippen LogP contribution in [0.15, 0.2) is 96.2 Å². The normalized spacial score (nSPS) is 22.0. The first-order chi connectivity index (χ1) is 30.8. The van der Waals surface area contributed by atoms with Crippen LogP contribution in [0.2, 0.25) is 0 Å². The van der Waals surface area contributed by atoms with E-state index in [2.05, 4.69) is 30.4 Å². The van der Waals surface area contributed by atoms with Crippen molar-refractivity contribution in [1.82, 2.24) is 35.0 Å². The number of carbonyl (C=O) groups is 2. The Morgan fingerprint density at radius 1 is 1.02 bits per heavy atom. The lowest BCUT2D eigenvalue weighted by Gasteiger charge is -2.42. The Labute approximate surface area is 383 Å². The van der Waals surface area contributed by atoms with Gasteiger partial charge < -0.3 is 36.4 Å². The molecule has 9 N–H and O–H groups in total. The van der Waals surface area contributed by atoms with E-state index in [-0.39, 0.29) is 48.9 Å². The molecule has 0 spiro atoms. The number of pyridine rings is 1. The van der Waals surface area contributed by atoms with Gasteiger partial charge in [-0.2, -0.15) is 13.4 Å². The molecule has 2 saturated heterocycles. The molecule has 21 heteroatoms. The smallest absolute Gasteiger partial charge is 0.393 e. The molecule has 0 saturated carbocycles. The van der Waals surface area contributed by atoms with Crippen LogP contribution in [0.4, 0.5) is 5.82 Å². The van der Waals surface area contributed by atoms with Gasteiger partial charge in [0.25, 0.3) is 0 Å². The SMILES string of the molecule is CC(C)(C)NC(=O)[C@@H]1CN(Cc2cccnc2)CCN1C[C@@H](O)C[C@@H](Cc1ccccc1)C(=O)N[C@H]1c2ccccc2C[C@H]1O.Nc1ccn([C@H]2CS[C@@H](CO)O2)c(=O)n1.O=S(=O)(O)O. The molecule has 0 bridgehead atoms. The number of amides is 2. The highest BCUT2D eigenvalue weighted by Gasteiger charge is 2.37. The fourth-order valence-corrected chi connectivity index (χ4v) is 8.83. The number of aromatic nitrogens is 3. The molecule has 7 atom stereocenters. The van der Waals surface area contributed by atoms with Gasteiger partial charge >= 0.3 is 16.1 Å². The number of hydrogen-bond acceptors (Lipinski definition) is 15. The summed E-state index contributed by atoms with van der Waals surface area (Å²) < 4.78 is 38.4. The molecular formula is C44H60N8O11S2. The Hall–Kier alpha value is -4.81. The number of nitrogens with zero attached hydrogens (tertiary/aromatic N) is 5. The number of benzene rings is 2. The van der Waals surface area contributed by atoms with Crippen LogP contribution < -0.4 is 22.1 Å². The van der Waals surface area contributed by atoms with E-state index in [1.54, 1.807) is 18.5 Å². The van der Waals surface area contributed by atoms with Crippen LogP contribution in [0.1, 0.15) is 61.7 Å². The highest BCUT2D eigenvalue weighted by Crippen LogP contribution is 2.32. The molecule has 65 heavy (non-hydrogen) atoms. The lowest BCUT2D eigenvalue weighted by Crippen LogP contribution is -2.61. The van der Waals surface area contributed by atoms with Crippen LogP contribution in [0.3, 0.4) is 0 Å². The van der Waals surface area contributed by atoms with Crippen molar-refractivity contribution in [3.63, 3.8) is 0 Å². The van der Waals surface area contributed by atoms with Crippen molar-refractivity contribution in [2.75, 3.05) is 44.3 Å². The molecule has 1 aliphatic carbocycles. The molecule has 7 rings (SSSR count). The highest BCUT2D eigenvalue weighted by atomic mass is 32.3. The van der Waals surface area contributed by atoms with E-state index in [0.717, 1.165) is 28.8 Å². The highest BCUT2D eigenvalue weighted by molar-refractivity contribution is 8.00. The topological polar surface area (TPSA) is 283 Å². The van der Waals surface area contributed by atoms with Crippen LogP contribution in [0.5, 0.6) is 0 Å². The number of nitrogens with two attached hydrogens (primary N) is 1. The standard InChI is InChI=1S/C36H47N5O4.C8H11N3O3S.H2O4S/c1-36(2,3)39-35(45)31-24-40(22-26-12-9-15-37-21-26)16-17-41(31)23-29(42)19-28(18-25-10-5-4-6-11-25)34(44)38-33-30-14-8-7-13-27(30)20-32(33)43;9-5-1-2-11(8(13)10-5)6-4-15-7(3-12)14-6;1-5(2,3)4/h4-15,21,28-29,31-33,42-43H,16-20,22-24H2,1-3H3,(H,38,44)(H,39,45);1-2,6-7,12H,3-4H2,(H2,9,10,13);(H2,1,2,3,4)/t28-,29+,31+,32-,33+;6-,7+;/m11./s1. The summed E-state index contributed by atoms with van der Waals surface area (Å²) in [6.45, 7) is 8.69. The number of nitrogen functional groups attached to an aromatic ring is 1. The maximum absolute atomic E-state index is 13.8. The third kappa shape index (κ3) is 16.5. The number of carbonyl (C=O) groups excluding carboxylic acids is 2. The molecule has 3 aliphatic rings. The Balaban J connectivity index is 0.000000326. The molecule has 354 valence electrons. The molecule has 2 fully saturated rings. The maximum atomic E-state index is 13.8. The van der Waals surface area contributed by atoms with Crippen molar-refractivity contribution in [3.05, 3.63) is 124 Å². The van der Waals surface area contributed by atoms with Gasteiger partial charge in [0, 0.05) is 74.9 Å². The Morgan fingerprint density at radius 2 is 1.71 bits per heavy atom. The van der Waals surface area contributed by atoms with Crippen molar-refractivity contribution in [2.45, 2.75) is 88.1 Å². The van der Waals surface area contributed by atoms with Crippen molar-refractivity contribution in [3.8, 4) is 0 Å². The second kappa shape index (κ2) is 23.6. The number of rotatable bonds is 13. The predicted molar refractivity (Wildman–Crippen MR) is 245 cm³/mol. The lowest BCUT2D eigenvalue weighted by molar-refractivity contribution is -0.132.